The highest BCUT2D eigenvalue weighted by Crippen LogP contribution is 2.14. The fraction of sp³-hybridized carbons (Fsp3) is 0.182. The normalized spacial score (nSPS) is 9.64. The van der Waals surface area contributed by atoms with Gasteiger partial charge in [-0.2, -0.15) is 8.78 Å². The zero-order valence-electron chi connectivity index (χ0n) is 7.76. The molecule has 0 saturated heterocycles. The van der Waals surface area contributed by atoms with Gasteiger partial charge in [0, 0.05) is 12.0 Å². The highest BCUT2D eigenvalue weighted by molar-refractivity contribution is 5.97. The van der Waals surface area contributed by atoms with E-state index < -0.39 is 6.08 Å². The van der Waals surface area contributed by atoms with Gasteiger partial charge in [-0.25, -0.2) is 0 Å². The molecule has 14 heavy (non-hydrogen) atoms. The summed E-state index contributed by atoms with van der Waals surface area (Å²) in [6.45, 7) is 1.26. The first-order valence-electron chi connectivity index (χ1n) is 4.20. The standard InChI is InChI=1S/C11H10F2O/c1-8(11(12)13)7-10(14)9-5-3-2-4-6-9/h2-6H,7H2,1H3. The lowest BCUT2D eigenvalue weighted by molar-refractivity contribution is 0.0991. The number of carbonyl (C=O) groups excluding carboxylic acids is 1. The molecular formula is C11H10F2O. The zero-order valence-corrected chi connectivity index (χ0v) is 7.76. The summed E-state index contributed by atoms with van der Waals surface area (Å²) < 4.78 is 24.1. The molecule has 0 aliphatic rings. The summed E-state index contributed by atoms with van der Waals surface area (Å²) in [5.41, 5.74) is 0.298. The van der Waals surface area contributed by atoms with Gasteiger partial charge in [0.05, 0.1) is 0 Å². The summed E-state index contributed by atoms with van der Waals surface area (Å²) in [4.78, 5) is 11.4. The summed E-state index contributed by atoms with van der Waals surface area (Å²) in [5, 5.41) is 0. The number of carbonyl (C=O) groups is 1. The zero-order chi connectivity index (χ0) is 10.6. The summed E-state index contributed by atoms with van der Waals surface area (Å²) in [7, 11) is 0. The second kappa shape index (κ2) is 4.65. The van der Waals surface area contributed by atoms with E-state index in [0.29, 0.717) is 5.56 Å². The van der Waals surface area contributed by atoms with E-state index in [4.69, 9.17) is 0 Å². The maximum atomic E-state index is 12.0. The van der Waals surface area contributed by atoms with Crippen LogP contribution < -0.4 is 0 Å². The SMILES string of the molecule is CC(CC(=O)c1ccccc1)=C(F)F. The summed E-state index contributed by atoms with van der Waals surface area (Å²) in [6, 6.07) is 8.42. The molecule has 1 aromatic rings. The van der Waals surface area contributed by atoms with Crippen molar-refractivity contribution in [2.75, 3.05) is 0 Å². The molecule has 0 unspecified atom stereocenters. The van der Waals surface area contributed by atoms with Crippen molar-refractivity contribution in [1.29, 1.82) is 0 Å². The second-order valence-electron chi connectivity index (χ2n) is 3.01. The van der Waals surface area contributed by atoms with Crippen LogP contribution in [0, 0.1) is 0 Å². The lowest BCUT2D eigenvalue weighted by Crippen LogP contribution is -1.99. The number of halogens is 2. The molecule has 1 rings (SSSR count). The van der Waals surface area contributed by atoms with E-state index >= 15 is 0 Å². The molecular weight excluding hydrogens is 186 g/mol. The largest absolute Gasteiger partial charge is 0.294 e. The molecule has 0 amide bonds. The van der Waals surface area contributed by atoms with Crippen molar-refractivity contribution >= 4 is 5.78 Å². The number of ketones is 1. The topological polar surface area (TPSA) is 17.1 Å². The molecule has 0 bridgehead atoms. The molecule has 3 heteroatoms. The minimum absolute atomic E-state index is 0.168. The number of hydrogen-bond acceptors (Lipinski definition) is 1. The van der Waals surface area contributed by atoms with Gasteiger partial charge < -0.3 is 0 Å². The average molecular weight is 196 g/mol. The molecule has 1 aromatic carbocycles. The summed E-state index contributed by atoms with van der Waals surface area (Å²) in [5.74, 6) is -0.282. The van der Waals surface area contributed by atoms with E-state index in [9.17, 15) is 13.6 Å². The Morgan fingerprint density at radius 3 is 2.29 bits per heavy atom. The fourth-order valence-corrected chi connectivity index (χ4v) is 1.03. The van der Waals surface area contributed by atoms with Crippen LogP contribution >= 0.6 is 0 Å². The maximum Gasteiger partial charge on any atom is 0.269 e. The molecule has 74 valence electrons. The van der Waals surface area contributed by atoms with Gasteiger partial charge in [-0.1, -0.05) is 30.3 Å². The first-order valence-corrected chi connectivity index (χ1v) is 4.20. The van der Waals surface area contributed by atoms with E-state index in [1.165, 1.54) is 6.92 Å². The number of allylic oxidation sites excluding steroid dienone is 1. The van der Waals surface area contributed by atoms with Crippen LogP contribution in [0.1, 0.15) is 23.7 Å². The fourth-order valence-electron chi connectivity index (χ4n) is 1.03. The maximum absolute atomic E-state index is 12.0. The Hall–Kier alpha value is -1.51. The monoisotopic (exact) mass is 196 g/mol. The molecule has 0 atom stereocenters. The van der Waals surface area contributed by atoms with E-state index in [1.807, 2.05) is 0 Å². The second-order valence-corrected chi connectivity index (χ2v) is 3.01. The predicted octanol–water partition coefficient (Wildman–Crippen LogP) is 3.43. The smallest absolute Gasteiger partial charge is 0.269 e. The molecule has 0 aliphatic heterocycles. The average Bonchev–Trinajstić information content (AvgIpc) is 2.19. The van der Waals surface area contributed by atoms with Crippen molar-refractivity contribution in [1.82, 2.24) is 0 Å². The van der Waals surface area contributed by atoms with Gasteiger partial charge in [-0.3, -0.25) is 4.79 Å². The Bertz CT molecular complexity index is 351. The van der Waals surface area contributed by atoms with Crippen molar-refractivity contribution in [3.05, 3.63) is 47.5 Å². The van der Waals surface area contributed by atoms with Crippen molar-refractivity contribution < 1.29 is 13.6 Å². The molecule has 0 aliphatic carbocycles. The highest BCUT2D eigenvalue weighted by Gasteiger charge is 2.08. The van der Waals surface area contributed by atoms with Crippen LogP contribution in [0.15, 0.2) is 42.0 Å². The van der Waals surface area contributed by atoms with Gasteiger partial charge in [0.2, 0.25) is 0 Å². The van der Waals surface area contributed by atoms with Crippen molar-refractivity contribution in [2.24, 2.45) is 0 Å². The molecule has 1 nitrogen and oxygen atoms in total. The van der Waals surface area contributed by atoms with E-state index in [2.05, 4.69) is 0 Å². The Labute approximate surface area is 81.1 Å². The highest BCUT2D eigenvalue weighted by atomic mass is 19.3. The molecule has 0 fully saturated rings. The van der Waals surface area contributed by atoms with Crippen LogP contribution in [0.5, 0.6) is 0 Å². The number of hydrogen-bond donors (Lipinski definition) is 0. The van der Waals surface area contributed by atoms with E-state index in [1.54, 1.807) is 30.3 Å². The van der Waals surface area contributed by atoms with Crippen LogP contribution in [0.3, 0.4) is 0 Å². The van der Waals surface area contributed by atoms with Gasteiger partial charge >= 0.3 is 0 Å². The quantitative estimate of drug-likeness (QED) is 0.677. The molecule has 0 saturated carbocycles. The van der Waals surface area contributed by atoms with Gasteiger partial charge in [0.25, 0.3) is 6.08 Å². The molecule has 0 aromatic heterocycles. The van der Waals surface area contributed by atoms with Crippen LogP contribution in [-0.2, 0) is 0 Å². The molecule has 0 heterocycles. The number of rotatable bonds is 3. The van der Waals surface area contributed by atoms with Crippen molar-refractivity contribution in [2.45, 2.75) is 13.3 Å². The van der Waals surface area contributed by atoms with Gasteiger partial charge in [-0.15, -0.1) is 0 Å². The number of Topliss-reactive ketones (excluding diaryl/α,β-unsaturated/α-hetero) is 1. The Morgan fingerprint density at radius 2 is 1.79 bits per heavy atom. The summed E-state index contributed by atoms with van der Waals surface area (Å²) in [6.07, 6.45) is -1.99. The Kier molecular flexibility index (Phi) is 3.51. The van der Waals surface area contributed by atoms with Crippen molar-refractivity contribution in [3.8, 4) is 0 Å². The first kappa shape index (κ1) is 10.6. The van der Waals surface area contributed by atoms with Gasteiger partial charge in [0.15, 0.2) is 5.78 Å². The van der Waals surface area contributed by atoms with Gasteiger partial charge in [-0.05, 0) is 12.5 Å². The minimum atomic E-state index is -1.77. The first-order chi connectivity index (χ1) is 6.61. The predicted molar refractivity (Wildman–Crippen MR) is 50.3 cm³/mol. The third-order valence-electron chi connectivity index (χ3n) is 1.84. The minimum Gasteiger partial charge on any atom is -0.294 e. The van der Waals surface area contributed by atoms with Crippen LogP contribution in [-0.4, -0.2) is 5.78 Å². The summed E-state index contributed by atoms with van der Waals surface area (Å²) >= 11 is 0. The van der Waals surface area contributed by atoms with E-state index in [-0.39, 0.29) is 17.8 Å². The third kappa shape index (κ3) is 2.76. The van der Waals surface area contributed by atoms with Crippen LogP contribution in [0.2, 0.25) is 0 Å². The lowest BCUT2D eigenvalue weighted by Gasteiger charge is -1.99. The van der Waals surface area contributed by atoms with Crippen LogP contribution in [0.4, 0.5) is 8.78 Å². The number of benzene rings is 1. The molecule has 0 N–H and O–H groups in total. The van der Waals surface area contributed by atoms with Crippen molar-refractivity contribution in [3.63, 3.8) is 0 Å². The lowest BCUT2D eigenvalue weighted by atomic mass is 10.1. The molecule has 0 radical (unpaired) electrons. The van der Waals surface area contributed by atoms with E-state index in [0.717, 1.165) is 0 Å². The molecule has 0 spiro atoms. The van der Waals surface area contributed by atoms with Gasteiger partial charge in [0.1, 0.15) is 0 Å². The Balaban J connectivity index is 2.75. The third-order valence-corrected chi connectivity index (χ3v) is 1.84. The Morgan fingerprint density at radius 1 is 1.21 bits per heavy atom. The van der Waals surface area contributed by atoms with Crippen LogP contribution in [0.25, 0.3) is 0 Å².